The highest BCUT2D eigenvalue weighted by atomic mass is 32.2. The van der Waals surface area contributed by atoms with Gasteiger partial charge in [0.05, 0.1) is 19.3 Å². The number of hydrogen-bond acceptors (Lipinski definition) is 9. The van der Waals surface area contributed by atoms with Crippen LogP contribution in [0.3, 0.4) is 0 Å². The molecule has 0 radical (unpaired) electrons. The zero-order valence-corrected chi connectivity index (χ0v) is 13.1. The Morgan fingerprint density at radius 2 is 1.91 bits per heavy atom. The largest absolute Gasteiger partial charge is 0.496 e. The van der Waals surface area contributed by atoms with Gasteiger partial charge in [-0.2, -0.15) is 0 Å². The van der Waals surface area contributed by atoms with Gasteiger partial charge in [0.25, 0.3) is 0 Å². The van der Waals surface area contributed by atoms with Gasteiger partial charge in [-0.3, -0.25) is 0 Å². The highest BCUT2D eigenvalue weighted by Crippen LogP contribution is 2.33. The van der Waals surface area contributed by atoms with Crippen LogP contribution >= 0.6 is 11.8 Å². The molecule has 2 rings (SSSR count). The topological polar surface area (TPSA) is 132 Å². The SMILES string of the molecule is COc1ccccc1/C(=N/O)S[C@@H]1O[C@H](CO)[C@@H](O)[C@H](O)[C@H]1O. The summed E-state index contributed by atoms with van der Waals surface area (Å²) < 4.78 is 10.6. The average molecular weight is 345 g/mol. The third-order valence-corrected chi connectivity index (χ3v) is 4.65. The van der Waals surface area contributed by atoms with E-state index in [1.54, 1.807) is 24.3 Å². The van der Waals surface area contributed by atoms with Crippen molar-refractivity contribution >= 4 is 16.8 Å². The third-order valence-electron chi connectivity index (χ3n) is 3.50. The van der Waals surface area contributed by atoms with E-state index in [-0.39, 0.29) is 5.04 Å². The lowest BCUT2D eigenvalue weighted by atomic mass is 10.0. The molecule has 1 aromatic carbocycles. The molecule has 128 valence electrons. The second kappa shape index (κ2) is 7.95. The molecule has 5 atom stereocenters. The van der Waals surface area contributed by atoms with Crippen molar-refractivity contribution in [3.63, 3.8) is 0 Å². The lowest BCUT2D eigenvalue weighted by molar-refractivity contribution is -0.205. The highest BCUT2D eigenvalue weighted by Gasteiger charge is 2.44. The van der Waals surface area contributed by atoms with E-state index in [0.29, 0.717) is 11.3 Å². The average Bonchev–Trinajstić information content (AvgIpc) is 2.59. The second-order valence-electron chi connectivity index (χ2n) is 4.92. The molecule has 0 unspecified atom stereocenters. The van der Waals surface area contributed by atoms with E-state index >= 15 is 0 Å². The summed E-state index contributed by atoms with van der Waals surface area (Å²) in [6, 6.07) is 6.80. The van der Waals surface area contributed by atoms with Gasteiger partial charge in [-0.1, -0.05) is 29.1 Å². The Morgan fingerprint density at radius 1 is 1.22 bits per heavy atom. The molecule has 0 saturated carbocycles. The van der Waals surface area contributed by atoms with Crippen molar-refractivity contribution in [3.05, 3.63) is 29.8 Å². The number of hydrogen-bond donors (Lipinski definition) is 5. The number of benzene rings is 1. The Morgan fingerprint density at radius 3 is 2.52 bits per heavy atom. The molecule has 0 amide bonds. The highest BCUT2D eigenvalue weighted by molar-refractivity contribution is 8.14. The molecule has 23 heavy (non-hydrogen) atoms. The lowest BCUT2D eigenvalue weighted by Gasteiger charge is -2.39. The van der Waals surface area contributed by atoms with Crippen molar-refractivity contribution in [3.8, 4) is 5.75 Å². The number of methoxy groups -OCH3 is 1. The number of thioether (sulfide) groups is 1. The molecule has 1 aliphatic heterocycles. The van der Waals surface area contributed by atoms with Crippen LogP contribution in [0, 0.1) is 0 Å². The molecule has 0 bridgehead atoms. The van der Waals surface area contributed by atoms with E-state index in [9.17, 15) is 25.6 Å². The molecule has 9 heteroatoms. The van der Waals surface area contributed by atoms with Crippen LogP contribution in [0.4, 0.5) is 0 Å². The van der Waals surface area contributed by atoms with E-state index in [4.69, 9.17) is 9.47 Å². The van der Waals surface area contributed by atoms with Gasteiger partial charge in [-0.05, 0) is 12.1 Å². The molecule has 1 heterocycles. The Balaban J connectivity index is 2.21. The Labute approximate surface area is 137 Å². The first-order valence-corrected chi connectivity index (χ1v) is 7.74. The first kappa shape index (κ1) is 18.0. The minimum absolute atomic E-state index is 0.103. The summed E-state index contributed by atoms with van der Waals surface area (Å²) in [6.07, 6.45) is -5.38. The molecular formula is C14H19NO7S. The van der Waals surface area contributed by atoms with E-state index in [0.717, 1.165) is 11.8 Å². The molecule has 1 aliphatic rings. The first-order chi connectivity index (χ1) is 11.0. The molecular weight excluding hydrogens is 326 g/mol. The number of aliphatic hydroxyl groups is 4. The quantitative estimate of drug-likeness (QED) is 0.211. The van der Waals surface area contributed by atoms with Crippen molar-refractivity contribution in [2.75, 3.05) is 13.7 Å². The number of rotatable bonds is 4. The third kappa shape index (κ3) is 3.77. The maximum absolute atomic E-state index is 10.0. The standard InChI is InChI=1S/C14H19NO7S/c1-21-8-5-3-2-4-7(8)13(15-20)23-14-12(19)11(18)10(17)9(6-16)22-14/h2-5,9-12,14,16-20H,6H2,1H3/b15-13-/t9-,10-,11+,12-,14+/m1/s1. The minimum Gasteiger partial charge on any atom is -0.496 e. The van der Waals surface area contributed by atoms with Crippen LogP contribution in [0.15, 0.2) is 29.4 Å². The van der Waals surface area contributed by atoms with Crippen molar-refractivity contribution in [1.29, 1.82) is 0 Å². The van der Waals surface area contributed by atoms with Crippen LogP contribution in [0.25, 0.3) is 0 Å². The van der Waals surface area contributed by atoms with Crippen LogP contribution in [-0.2, 0) is 4.74 Å². The molecule has 0 aromatic heterocycles. The van der Waals surface area contributed by atoms with Gasteiger partial charge in [-0.15, -0.1) is 0 Å². The summed E-state index contributed by atoms with van der Waals surface area (Å²) in [5.74, 6) is 0.456. The second-order valence-corrected chi connectivity index (χ2v) is 6.01. The monoisotopic (exact) mass is 345 g/mol. The van der Waals surface area contributed by atoms with Gasteiger partial charge in [0.2, 0.25) is 0 Å². The smallest absolute Gasteiger partial charge is 0.149 e. The fourth-order valence-corrected chi connectivity index (χ4v) is 3.30. The van der Waals surface area contributed by atoms with Crippen molar-refractivity contribution in [2.24, 2.45) is 5.16 Å². The molecule has 8 nitrogen and oxygen atoms in total. The minimum atomic E-state index is -1.49. The van der Waals surface area contributed by atoms with Gasteiger partial charge in [0, 0.05) is 0 Å². The van der Waals surface area contributed by atoms with Crippen LogP contribution in [0.2, 0.25) is 0 Å². The molecule has 0 spiro atoms. The fourth-order valence-electron chi connectivity index (χ4n) is 2.24. The van der Waals surface area contributed by atoms with Gasteiger partial charge in [0.1, 0.15) is 40.6 Å². The lowest BCUT2D eigenvalue weighted by Crippen LogP contribution is -2.57. The van der Waals surface area contributed by atoms with Gasteiger partial charge < -0.3 is 35.1 Å². The zero-order valence-electron chi connectivity index (χ0n) is 12.3. The molecule has 0 aliphatic carbocycles. The normalized spacial score (nSPS) is 31.9. The molecule has 5 N–H and O–H groups in total. The van der Waals surface area contributed by atoms with Crippen LogP contribution in [-0.4, -0.2) is 74.2 Å². The molecule has 1 aromatic rings. The number of oxime groups is 1. The summed E-state index contributed by atoms with van der Waals surface area (Å²) in [4.78, 5) is 0. The summed E-state index contributed by atoms with van der Waals surface area (Å²) >= 11 is 0.847. The summed E-state index contributed by atoms with van der Waals surface area (Å²) in [5.41, 5.74) is -0.569. The summed E-state index contributed by atoms with van der Waals surface area (Å²) in [7, 11) is 1.46. The van der Waals surface area contributed by atoms with E-state index in [1.165, 1.54) is 7.11 Å². The molecule has 1 fully saturated rings. The summed E-state index contributed by atoms with van der Waals surface area (Å²) in [6.45, 7) is -0.526. The zero-order chi connectivity index (χ0) is 17.0. The predicted octanol–water partition coefficient (Wildman–Crippen LogP) is -0.636. The molecule has 1 saturated heterocycles. The van der Waals surface area contributed by atoms with E-state index < -0.39 is 36.5 Å². The summed E-state index contributed by atoms with van der Waals surface area (Å²) in [5, 5.41) is 51.3. The van der Waals surface area contributed by atoms with Crippen LogP contribution in [0.5, 0.6) is 5.75 Å². The Bertz CT molecular complexity index is 554. The number of para-hydroxylation sites is 1. The Kier molecular flexibility index (Phi) is 6.22. The van der Waals surface area contributed by atoms with Crippen LogP contribution < -0.4 is 4.74 Å². The number of nitrogens with zero attached hydrogens (tertiary/aromatic N) is 1. The van der Waals surface area contributed by atoms with Crippen molar-refractivity contribution in [2.45, 2.75) is 29.9 Å². The van der Waals surface area contributed by atoms with Gasteiger partial charge in [-0.25, -0.2) is 0 Å². The first-order valence-electron chi connectivity index (χ1n) is 6.86. The Hall–Kier alpha value is -1.36. The van der Waals surface area contributed by atoms with Gasteiger partial charge in [0.15, 0.2) is 0 Å². The van der Waals surface area contributed by atoms with Gasteiger partial charge >= 0.3 is 0 Å². The number of aliphatic hydroxyl groups excluding tert-OH is 4. The maximum Gasteiger partial charge on any atom is 0.149 e. The number of ether oxygens (including phenoxy) is 2. The maximum atomic E-state index is 10.0. The van der Waals surface area contributed by atoms with Crippen molar-refractivity contribution in [1.82, 2.24) is 0 Å². The fraction of sp³-hybridized carbons (Fsp3) is 0.500. The van der Waals surface area contributed by atoms with Crippen LogP contribution in [0.1, 0.15) is 5.56 Å². The predicted molar refractivity (Wildman–Crippen MR) is 82.7 cm³/mol. The van der Waals surface area contributed by atoms with E-state index in [2.05, 4.69) is 5.16 Å². The van der Waals surface area contributed by atoms with Crippen molar-refractivity contribution < 1.29 is 35.1 Å². The van der Waals surface area contributed by atoms with E-state index in [1.807, 2.05) is 0 Å².